The van der Waals surface area contributed by atoms with Crippen LogP contribution in [0.1, 0.15) is 43.1 Å². The fourth-order valence-corrected chi connectivity index (χ4v) is 1.98. The molecule has 1 aromatic rings. The van der Waals surface area contributed by atoms with Gasteiger partial charge in [0.25, 0.3) is 0 Å². The minimum atomic E-state index is -0.588. The number of ether oxygens (including phenoxy) is 2. The molecule has 0 aliphatic heterocycles. The van der Waals surface area contributed by atoms with Gasteiger partial charge in [0.2, 0.25) is 0 Å². The molecule has 124 valence electrons. The van der Waals surface area contributed by atoms with Crippen molar-refractivity contribution in [1.82, 2.24) is 5.32 Å². The van der Waals surface area contributed by atoms with Crippen LogP contribution in [-0.4, -0.2) is 43.3 Å². The Morgan fingerprint density at radius 3 is 2.68 bits per heavy atom. The number of aliphatic hydroxyl groups excluding tert-OH is 1. The minimum absolute atomic E-state index is 0.0880. The van der Waals surface area contributed by atoms with Crippen molar-refractivity contribution >= 4 is 5.78 Å². The second-order valence-electron chi connectivity index (χ2n) is 5.56. The molecule has 0 bridgehead atoms. The highest BCUT2D eigenvalue weighted by Crippen LogP contribution is 2.22. The van der Waals surface area contributed by atoms with Gasteiger partial charge in [-0.05, 0) is 18.2 Å². The summed E-state index contributed by atoms with van der Waals surface area (Å²) in [5.41, 5.74) is 1.47. The molecule has 0 amide bonds. The molecule has 1 unspecified atom stereocenters. The van der Waals surface area contributed by atoms with Gasteiger partial charge in [-0.1, -0.05) is 20.8 Å². The molecule has 22 heavy (non-hydrogen) atoms. The van der Waals surface area contributed by atoms with Crippen molar-refractivity contribution in [2.24, 2.45) is 0 Å². The van der Waals surface area contributed by atoms with Crippen molar-refractivity contribution in [3.05, 3.63) is 29.3 Å². The molecule has 0 spiro atoms. The van der Waals surface area contributed by atoms with Crippen molar-refractivity contribution in [3.8, 4) is 5.75 Å². The Morgan fingerprint density at radius 1 is 1.36 bits per heavy atom. The summed E-state index contributed by atoms with van der Waals surface area (Å²) in [6.45, 7) is 6.91. The first-order chi connectivity index (χ1) is 10.5. The number of rotatable bonds is 10. The van der Waals surface area contributed by atoms with Crippen molar-refractivity contribution in [2.45, 2.75) is 45.9 Å². The lowest BCUT2D eigenvalue weighted by molar-refractivity contribution is 0.0983. The first-order valence-electron chi connectivity index (χ1n) is 7.67. The zero-order valence-electron chi connectivity index (χ0n) is 13.9. The maximum Gasteiger partial charge on any atom is 0.162 e. The molecule has 2 N–H and O–H groups in total. The fraction of sp³-hybridized carbons (Fsp3) is 0.588. The monoisotopic (exact) mass is 309 g/mol. The van der Waals surface area contributed by atoms with Gasteiger partial charge < -0.3 is 19.9 Å². The second-order valence-corrected chi connectivity index (χ2v) is 5.56. The van der Waals surface area contributed by atoms with Gasteiger partial charge in [0.15, 0.2) is 5.78 Å². The Morgan fingerprint density at radius 2 is 2.09 bits per heavy atom. The number of ketones is 1. The summed E-state index contributed by atoms with van der Waals surface area (Å²) in [5.74, 6) is 0.725. The smallest absolute Gasteiger partial charge is 0.162 e. The summed E-state index contributed by atoms with van der Waals surface area (Å²) in [4.78, 5) is 11.8. The quantitative estimate of drug-likeness (QED) is 0.648. The molecule has 5 heteroatoms. The normalized spacial score (nSPS) is 12.5. The maximum atomic E-state index is 11.8. The number of benzene rings is 1. The first kappa shape index (κ1) is 18.6. The van der Waals surface area contributed by atoms with Crippen molar-refractivity contribution in [2.75, 3.05) is 20.3 Å². The van der Waals surface area contributed by atoms with E-state index in [4.69, 9.17) is 9.47 Å². The van der Waals surface area contributed by atoms with Crippen LogP contribution in [0.4, 0.5) is 0 Å². The van der Waals surface area contributed by atoms with Crippen LogP contribution in [0.5, 0.6) is 5.75 Å². The molecule has 0 saturated carbocycles. The van der Waals surface area contributed by atoms with E-state index in [-0.39, 0.29) is 12.4 Å². The van der Waals surface area contributed by atoms with Gasteiger partial charge in [0.1, 0.15) is 18.5 Å². The Bertz CT molecular complexity index is 474. The molecule has 0 radical (unpaired) electrons. The van der Waals surface area contributed by atoms with Gasteiger partial charge in [-0.25, -0.2) is 0 Å². The van der Waals surface area contributed by atoms with Gasteiger partial charge in [-0.2, -0.15) is 0 Å². The van der Waals surface area contributed by atoms with Crippen LogP contribution in [0.15, 0.2) is 18.2 Å². The second kappa shape index (κ2) is 9.56. The Hall–Kier alpha value is -1.43. The van der Waals surface area contributed by atoms with E-state index < -0.39 is 6.10 Å². The maximum absolute atomic E-state index is 11.8. The lowest BCUT2D eigenvalue weighted by Crippen LogP contribution is -2.35. The number of aliphatic hydroxyl groups is 1. The molecule has 1 rings (SSSR count). The zero-order valence-corrected chi connectivity index (χ0v) is 13.9. The predicted molar refractivity (Wildman–Crippen MR) is 86.4 cm³/mol. The number of carbonyl (C=O) groups is 1. The third kappa shape index (κ3) is 6.13. The van der Waals surface area contributed by atoms with Gasteiger partial charge >= 0.3 is 0 Å². The molecule has 0 saturated heterocycles. The predicted octanol–water partition coefficient (Wildman–Crippen LogP) is 2.16. The van der Waals surface area contributed by atoms with Crippen LogP contribution < -0.4 is 10.1 Å². The Labute approximate surface area is 132 Å². The third-order valence-electron chi connectivity index (χ3n) is 3.20. The highest BCUT2D eigenvalue weighted by atomic mass is 16.5. The van der Waals surface area contributed by atoms with E-state index in [2.05, 4.69) is 5.32 Å². The van der Waals surface area contributed by atoms with Crippen LogP contribution in [0.2, 0.25) is 0 Å². The van der Waals surface area contributed by atoms with E-state index in [9.17, 15) is 9.90 Å². The Balaban J connectivity index is 2.70. The summed E-state index contributed by atoms with van der Waals surface area (Å²) in [6.07, 6.45) is -0.124. The number of nitrogens with one attached hydrogen (secondary N) is 1. The van der Waals surface area contributed by atoms with E-state index in [1.165, 1.54) is 0 Å². The summed E-state index contributed by atoms with van der Waals surface area (Å²) in [7, 11) is 1.60. The topological polar surface area (TPSA) is 67.8 Å². The zero-order chi connectivity index (χ0) is 16.5. The molecular weight excluding hydrogens is 282 g/mol. The number of methoxy groups -OCH3 is 1. The molecule has 0 heterocycles. The number of hydrogen-bond acceptors (Lipinski definition) is 5. The summed E-state index contributed by atoms with van der Waals surface area (Å²) >= 11 is 0. The average molecular weight is 309 g/mol. The standard InChI is InChI=1S/C17H27NO4/c1-5-16(20)13-6-7-17(14(8-13)10-21-4)22-11-15(19)9-18-12(2)3/h6-8,12,15,18-19H,5,9-11H2,1-4H3. The third-order valence-corrected chi connectivity index (χ3v) is 3.20. The number of Topliss-reactive ketones (excluding diaryl/α,β-unsaturated/α-hetero) is 1. The van der Waals surface area contributed by atoms with Crippen molar-refractivity contribution < 1.29 is 19.4 Å². The SMILES string of the molecule is CCC(=O)c1ccc(OCC(O)CNC(C)C)c(COC)c1. The summed E-state index contributed by atoms with van der Waals surface area (Å²) in [5, 5.41) is 13.0. The van der Waals surface area contributed by atoms with Crippen LogP contribution in [-0.2, 0) is 11.3 Å². The van der Waals surface area contributed by atoms with Gasteiger partial charge in [0, 0.05) is 37.2 Å². The first-order valence-corrected chi connectivity index (χ1v) is 7.67. The van der Waals surface area contributed by atoms with E-state index in [0.29, 0.717) is 36.9 Å². The van der Waals surface area contributed by atoms with Gasteiger partial charge in [0.05, 0.1) is 6.61 Å². The molecule has 0 aliphatic carbocycles. The van der Waals surface area contributed by atoms with E-state index in [0.717, 1.165) is 5.56 Å². The lowest BCUT2D eigenvalue weighted by Gasteiger charge is -2.17. The molecule has 1 atom stereocenters. The van der Waals surface area contributed by atoms with Crippen LogP contribution in [0.25, 0.3) is 0 Å². The summed E-state index contributed by atoms with van der Waals surface area (Å²) in [6, 6.07) is 5.63. The largest absolute Gasteiger partial charge is 0.490 e. The van der Waals surface area contributed by atoms with Crippen LogP contribution in [0.3, 0.4) is 0 Å². The van der Waals surface area contributed by atoms with Crippen LogP contribution in [0, 0.1) is 0 Å². The van der Waals surface area contributed by atoms with E-state index in [1.807, 2.05) is 20.8 Å². The molecule has 1 aromatic carbocycles. The molecule has 0 fully saturated rings. The highest BCUT2D eigenvalue weighted by molar-refractivity contribution is 5.96. The minimum Gasteiger partial charge on any atom is -0.490 e. The van der Waals surface area contributed by atoms with E-state index >= 15 is 0 Å². The molecule has 5 nitrogen and oxygen atoms in total. The van der Waals surface area contributed by atoms with Gasteiger partial charge in [-0.15, -0.1) is 0 Å². The highest BCUT2D eigenvalue weighted by Gasteiger charge is 2.12. The molecule has 0 aliphatic rings. The number of carbonyl (C=O) groups excluding carboxylic acids is 1. The van der Waals surface area contributed by atoms with E-state index in [1.54, 1.807) is 25.3 Å². The fourth-order valence-electron chi connectivity index (χ4n) is 1.98. The average Bonchev–Trinajstić information content (AvgIpc) is 2.51. The van der Waals surface area contributed by atoms with Crippen molar-refractivity contribution in [1.29, 1.82) is 0 Å². The van der Waals surface area contributed by atoms with Crippen molar-refractivity contribution in [3.63, 3.8) is 0 Å². The molecule has 0 aromatic heterocycles. The lowest BCUT2D eigenvalue weighted by atomic mass is 10.1. The van der Waals surface area contributed by atoms with Crippen LogP contribution >= 0.6 is 0 Å². The Kier molecular flexibility index (Phi) is 8.09. The summed E-state index contributed by atoms with van der Waals surface area (Å²) < 4.78 is 10.8. The van der Waals surface area contributed by atoms with Gasteiger partial charge in [-0.3, -0.25) is 4.79 Å². The molecular formula is C17H27NO4. The number of hydrogen-bond donors (Lipinski definition) is 2.